The van der Waals surface area contributed by atoms with E-state index in [4.69, 9.17) is 10.8 Å². The van der Waals surface area contributed by atoms with Gasteiger partial charge in [0.25, 0.3) is 5.91 Å². The average molecular weight is 680 g/mol. The smallest absolute Gasteiger partial charge is 0.335 e. The summed E-state index contributed by atoms with van der Waals surface area (Å²) in [6, 6.07) is 19.6. The van der Waals surface area contributed by atoms with Gasteiger partial charge in [0.2, 0.25) is 0 Å². The molecule has 1 amide bonds. The van der Waals surface area contributed by atoms with Crippen molar-refractivity contribution in [2.45, 2.75) is 51.6 Å². The molecule has 9 heteroatoms. The second-order valence-electron chi connectivity index (χ2n) is 10.1. The number of halogens is 2. The summed E-state index contributed by atoms with van der Waals surface area (Å²) in [4.78, 5) is 30.6. The molecule has 212 valence electrons. The van der Waals surface area contributed by atoms with Crippen LogP contribution in [-0.4, -0.2) is 27.0 Å². The lowest BCUT2D eigenvalue weighted by Crippen LogP contribution is -2.27. The third kappa shape index (κ3) is 8.31. The fourth-order valence-electron chi connectivity index (χ4n) is 4.96. The second-order valence-corrected chi connectivity index (χ2v) is 11.9. The van der Waals surface area contributed by atoms with Gasteiger partial charge >= 0.3 is 5.97 Å². The molecule has 2 unspecified atom stereocenters. The number of nitrogens with two attached hydrogens (primary N) is 1. The number of aromatic nitrogens is 2. The van der Waals surface area contributed by atoms with Gasteiger partial charge < -0.3 is 16.2 Å². The normalized spacial score (nSPS) is 16.3. The molecule has 0 aliphatic heterocycles. The zero-order valence-corrected chi connectivity index (χ0v) is 26.1. The topological polar surface area (TPSA) is 118 Å². The van der Waals surface area contributed by atoms with Crippen molar-refractivity contribution in [2.75, 3.05) is 0 Å². The van der Waals surface area contributed by atoms with Gasteiger partial charge in [0.1, 0.15) is 0 Å². The molecule has 2 aliphatic carbocycles. The molecule has 4 aromatic rings. The number of benzene rings is 2. The Morgan fingerprint density at radius 2 is 1.34 bits per heavy atom. The van der Waals surface area contributed by atoms with Crippen LogP contribution >= 0.6 is 31.9 Å². The Balaban J connectivity index is 0.000000156. The number of nitrogens with one attached hydrogen (secondary N) is 1. The van der Waals surface area contributed by atoms with E-state index in [9.17, 15) is 9.59 Å². The van der Waals surface area contributed by atoms with E-state index in [1.807, 2.05) is 19.1 Å². The van der Waals surface area contributed by atoms with Gasteiger partial charge in [-0.25, -0.2) is 4.79 Å². The third-order valence-corrected chi connectivity index (χ3v) is 8.01. The van der Waals surface area contributed by atoms with E-state index in [0.717, 1.165) is 46.0 Å². The number of carbonyl (C=O) groups is 2. The number of hydrogen-bond donors (Lipinski definition) is 3. The molecule has 0 radical (unpaired) electrons. The number of carboxylic acid groups (broad SMARTS) is 1. The second kappa shape index (κ2) is 14.0. The summed E-state index contributed by atoms with van der Waals surface area (Å²) in [6.07, 6.45) is 7.36. The molecule has 2 aliphatic rings. The van der Waals surface area contributed by atoms with E-state index in [-0.39, 0.29) is 23.6 Å². The predicted octanol–water partition coefficient (Wildman–Crippen LogP) is 7.05. The average Bonchev–Trinajstić information content (AvgIpc) is 3.51. The predicted molar refractivity (Wildman–Crippen MR) is 167 cm³/mol. The number of nitrogens with zero attached hydrogens (tertiary/aromatic N) is 2. The van der Waals surface area contributed by atoms with Crippen LogP contribution < -0.4 is 11.1 Å². The quantitative estimate of drug-likeness (QED) is 0.214. The van der Waals surface area contributed by atoms with Crippen LogP contribution in [0.4, 0.5) is 0 Å². The molecule has 2 heterocycles. The molecular weight excluding hydrogens is 648 g/mol. The number of aromatic carboxylic acids is 1. The molecule has 0 bridgehead atoms. The number of aryl methyl sites for hydroxylation is 4. The van der Waals surface area contributed by atoms with Crippen LogP contribution in [0.15, 0.2) is 82.0 Å². The summed E-state index contributed by atoms with van der Waals surface area (Å²) in [5, 5.41) is 11.6. The van der Waals surface area contributed by atoms with Gasteiger partial charge in [-0.05, 0) is 110 Å². The summed E-state index contributed by atoms with van der Waals surface area (Å²) in [5.41, 5.74) is 13.7. The number of pyridine rings is 2. The van der Waals surface area contributed by atoms with Gasteiger partial charge in [-0.3, -0.25) is 14.8 Å². The Hall–Kier alpha value is -3.40. The zero-order chi connectivity index (χ0) is 29.5. The van der Waals surface area contributed by atoms with Crippen LogP contribution in [0.3, 0.4) is 0 Å². The van der Waals surface area contributed by atoms with Crippen molar-refractivity contribution < 1.29 is 14.7 Å². The zero-order valence-electron chi connectivity index (χ0n) is 22.9. The fraction of sp³-hybridized carbons (Fsp3) is 0.250. The lowest BCUT2D eigenvalue weighted by atomic mass is 10.1. The third-order valence-electron chi connectivity index (χ3n) is 7.02. The number of fused-ring (bicyclic) bond motifs is 2. The molecule has 2 aromatic carbocycles. The standard InChI is InChI=1S/C16H15BrN2O.C9H10BrN.C7H7NO2/c1-10-8-12(6-7-18-10)16(20)19-15-5-2-11-9-13(17)3-4-14(11)15;10-7-2-3-8-6(5-7)1-4-9(8)11;1-5-4-6(7(9)10)2-3-8-5/h3-4,6-9,15H,2,5H2,1H3,(H,19,20);2-3,5,9H,1,4,11H2;2-4H,1H3,(H,9,10). The number of carbonyl (C=O) groups excluding carboxylic acids is 1. The van der Waals surface area contributed by atoms with Gasteiger partial charge in [0.15, 0.2) is 0 Å². The van der Waals surface area contributed by atoms with E-state index >= 15 is 0 Å². The SMILES string of the molecule is Cc1cc(C(=O)NC2CCc3cc(Br)ccc32)ccn1.Cc1cc(C(=O)O)ccn1.NC1CCc2cc(Br)ccc21. The fourth-order valence-corrected chi connectivity index (χ4v) is 5.78. The van der Waals surface area contributed by atoms with Crippen LogP contribution in [0, 0.1) is 13.8 Å². The monoisotopic (exact) mass is 678 g/mol. The molecule has 0 spiro atoms. The molecular formula is C32H32Br2N4O3. The minimum absolute atomic E-state index is 0.0312. The van der Waals surface area contributed by atoms with E-state index in [1.165, 1.54) is 40.6 Å². The Labute approximate surface area is 256 Å². The van der Waals surface area contributed by atoms with Crippen LogP contribution in [-0.2, 0) is 12.8 Å². The Bertz CT molecular complexity index is 1560. The number of amides is 1. The van der Waals surface area contributed by atoms with Crippen molar-refractivity contribution in [3.05, 3.63) is 127 Å². The van der Waals surface area contributed by atoms with E-state index in [0.29, 0.717) is 5.56 Å². The first-order chi connectivity index (χ1) is 19.6. The highest BCUT2D eigenvalue weighted by molar-refractivity contribution is 9.10. The van der Waals surface area contributed by atoms with Crippen molar-refractivity contribution in [1.29, 1.82) is 0 Å². The maximum absolute atomic E-state index is 12.3. The number of hydrogen-bond acceptors (Lipinski definition) is 5. The molecule has 41 heavy (non-hydrogen) atoms. The van der Waals surface area contributed by atoms with E-state index in [2.05, 4.69) is 77.5 Å². The molecule has 4 N–H and O–H groups in total. The summed E-state index contributed by atoms with van der Waals surface area (Å²) in [7, 11) is 0. The molecule has 7 nitrogen and oxygen atoms in total. The van der Waals surface area contributed by atoms with Crippen molar-refractivity contribution in [3.63, 3.8) is 0 Å². The maximum atomic E-state index is 12.3. The maximum Gasteiger partial charge on any atom is 0.335 e. The van der Waals surface area contributed by atoms with Gasteiger partial charge in [0, 0.05) is 44.3 Å². The van der Waals surface area contributed by atoms with Gasteiger partial charge in [-0.15, -0.1) is 0 Å². The Morgan fingerprint density at radius 3 is 1.93 bits per heavy atom. The Morgan fingerprint density at radius 1 is 0.805 bits per heavy atom. The highest BCUT2D eigenvalue weighted by atomic mass is 79.9. The lowest BCUT2D eigenvalue weighted by molar-refractivity contribution is 0.0696. The highest BCUT2D eigenvalue weighted by Crippen LogP contribution is 2.33. The van der Waals surface area contributed by atoms with Crippen LogP contribution in [0.2, 0.25) is 0 Å². The van der Waals surface area contributed by atoms with Gasteiger partial charge in [-0.1, -0.05) is 44.0 Å². The van der Waals surface area contributed by atoms with Crippen molar-refractivity contribution in [2.24, 2.45) is 5.73 Å². The van der Waals surface area contributed by atoms with E-state index < -0.39 is 5.97 Å². The Kier molecular flexibility index (Phi) is 10.4. The lowest BCUT2D eigenvalue weighted by Gasteiger charge is -2.14. The van der Waals surface area contributed by atoms with Crippen molar-refractivity contribution in [3.8, 4) is 0 Å². The summed E-state index contributed by atoms with van der Waals surface area (Å²) >= 11 is 6.93. The number of rotatable bonds is 3. The molecule has 0 fully saturated rings. The summed E-state index contributed by atoms with van der Waals surface area (Å²) in [5.74, 6) is -0.943. The summed E-state index contributed by atoms with van der Waals surface area (Å²) in [6.45, 7) is 3.64. The first-order valence-electron chi connectivity index (χ1n) is 13.3. The van der Waals surface area contributed by atoms with Gasteiger partial charge in [-0.2, -0.15) is 0 Å². The number of carboxylic acids is 1. The van der Waals surface area contributed by atoms with Crippen LogP contribution in [0.1, 0.15) is 79.3 Å². The van der Waals surface area contributed by atoms with Crippen LogP contribution in [0.5, 0.6) is 0 Å². The van der Waals surface area contributed by atoms with Crippen molar-refractivity contribution >= 4 is 43.7 Å². The molecule has 6 rings (SSSR count). The summed E-state index contributed by atoms with van der Waals surface area (Å²) < 4.78 is 2.25. The molecule has 0 saturated heterocycles. The highest BCUT2D eigenvalue weighted by Gasteiger charge is 2.24. The van der Waals surface area contributed by atoms with Crippen molar-refractivity contribution in [1.82, 2.24) is 15.3 Å². The minimum atomic E-state index is -0.912. The largest absolute Gasteiger partial charge is 0.478 e. The molecule has 2 atom stereocenters. The minimum Gasteiger partial charge on any atom is -0.478 e. The van der Waals surface area contributed by atoms with E-state index in [1.54, 1.807) is 19.2 Å². The first-order valence-corrected chi connectivity index (χ1v) is 14.9. The van der Waals surface area contributed by atoms with Gasteiger partial charge in [0.05, 0.1) is 11.6 Å². The molecule has 2 aromatic heterocycles. The molecule has 0 saturated carbocycles. The first kappa shape index (κ1) is 30.6. The van der Waals surface area contributed by atoms with Crippen LogP contribution in [0.25, 0.3) is 0 Å².